The number of para-hydroxylation sites is 1. The summed E-state index contributed by atoms with van der Waals surface area (Å²) in [6.45, 7) is 6.44. The maximum absolute atomic E-state index is 6.62. The first kappa shape index (κ1) is 26.7. The van der Waals surface area contributed by atoms with Crippen molar-refractivity contribution in [2.75, 3.05) is 0 Å². The summed E-state index contributed by atoms with van der Waals surface area (Å²) in [6.07, 6.45) is 0. The Morgan fingerprint density at radius 2 is 0.848 bits per heavy atom. The lowest BCUT2D eigenvalue weighted by Crippen LogP contribution is -1.94. The van der Waals surface area contributed by atoms with Crippen molar-refractivity contribution in [1.29, 1.82) is 0 Å². The number of benzene rings is 8. The van der Waals surface area contributed by atoms with E-state index in [9.17, 15) is 0 Å². The van der Waals surface area contributed by atoms with E-state index < -0.39 is 0 Å². The van der Waals surface area contributed by atoms with Gasteiger partial charge < -0.3 is 4.42 Å². The molecule has 9 rings (SSSR count). The Bertz CT molecular complexity index is 2520. The van der Waals surface area contributed by atoms with Gasteiger partial charge in [0.05, 0.1) is 0 Å². The number of fused-ring (bicyclic) bond motifs is 1. The number of hydrogen-bond donors (Lipinski definition) is 0. The molecule has 0 unspecified atom stereocenters. The van der Waals surface area contributed by atoms with Crippen LogP contribution in [0.3, 0.4) is 0 Å². The lowest BCUT2D eigenvalue weighted by Gasteiger charge is -2.21. The fraction of sp³-hybridized carbons (Fsp3) is 0.0667. The van der Waals surface area contributed by atoms with Crippen LogP contribution in [0.2, 0.25) is 0 Å². The summed E-state index contributed by atoms with van der Waals surface area (Å²) >= 11 is 0. The smallest absolute Gasteiger partial charge is 0.136 e. The van der Waals surface area contributed by atoms with Crippen molar-refractivity contribution in [3.8, 4) is 44.7 Å². The van der Waals surface area contributed by atoms with Gasteiger partial charge in [0.25, 0.3) is 0 Å². The second-order valence-electron chi connectivity index (χ2n) is 12.8. The van der Waals surface area contributed by atoms with E-state index in [1.165, 1.54) is 82.4 Å². The highest BCUT2D eigenvalue weighted by Gasteiger charge is 2.22. The molecule has 0 spiro atoms. The molecule has 1 aromatic heterocycles. The Hall–Kier alpha value is -5.66. The van der Waals surface area contributed by atoms with Gasteiger partial charge >= 0.3 is 0 Å². The number of hydrogen-bond acceptors (Lipinski definition) is 1. The molecule has 9 aromatic rings. The Labute approximate surface area is 268 Å². The molecule has 1 heteroatoms. The standard InChI is InChI=1S/C45H32O/c1-27-8-14-30(15-9-27)34-20-21-36-39(32-18-12-29(3)13-19-32)26-41-40(43-24-33-6-4-5-7-42(33)46-43)25-38(31-16-10-28(2)11-17-31)37-23-22-35(34)44(36)45(37)41/h4-26H,1-3H3. The molecular weight excluding hydrogens is 556 g/mol. The molecular formula is C45H32O. The summed E-state index contributed by atoms with van der Waals surface area (Å²) in [4.78, 5) is 0. The minimum Gasteiger partial charge on any atom is -0.456 e. The van der Waals surface area contributed by atoms with Crippen LogP contribution >= 0.6 is 0 Å². The van der Waals surface area contributed by atoms with Gasteiger partial charge in [-0.2, -0.15) is 0 Å². The predicted octanol–water partition coefficient (Wildman–Crippen LogP) is 12.9. The molecule has 1 nitrogen and oxygen atoms in total. The summed E-state index contributed by atoms with van der Waals surface area (Å²) in [6, 6.07) is 51.4. The van der Waals surface area contributed by atoms with Crippen LogP contribution in [0.25, 0.3) is 88.0 Å². The van der Waals surface area contributed by atoms with E-state index >= 15 is 0 Å². The Kier molecular flexibility index (Phi) is 5.92. The molecule has 218 valence electrons. The van der Waals surface area contributed by atoms with Gasteiger partial charge in [0.15, 0.2) is 0 Å². The second kappa shape index (κ2) is 10.2. The molecule has 0 bridgehead atoms. The van der Waals surface area contributed by atoms with E-state index in [2.05, 4.69) is 154 Å². The summed E-state index contributed by atoms with van der Waals surface area (Å²) in [7, 11) is 0. The lowest BCUT2D eigenvalue weighted by atomic mass is 9.82. The van der Waals surface area contributed by atoms with Crippen LogP contribution in [-0.4, -0.2) is 0 Å². The van der Waals surface area contributed by atoms with E-state index in [1.807, 2.05) is 6.07 Å². The highest BCUT2D eigenvalue weighted by molar-refractivity contribution is 6.32. The highest BCUT2D eigenvalue weighted by Crippen LogP contribution is 2.49. The predicted molar refractivity (Wildman–Crippen MR) is 196 cm³/mol. The molecule has 46 heavy (non-hydrogen) atoms. The van der Waals surface area contributed by atoms with Gasteiger partial charge in [0.2, 0.25) is 0 Å². The zero-order valence-corrected chi connectivity index (χ0v) is 26.2. The van der Waals surface area contributed by atoms with Gasteiger partial charge in [-0.3, -0.25) is 0 Å². The van der Waals surface area contributed by atoms with E-state index in [1.54, 1.807) is 0 Å². The number of rotatable bonds is 4. The quantitative estimate of drug-likeness (QED) is 0.186. The molecule has 0 amide bonds. The maximum atomic E-state index is 6.62. The fourth-order valence-electron chi connectivity index (χ4n) is 7.23. The monoisotopic (exact) mass is 588 g/mol. The fourth-order valence-corrected chi connectivity index (χ4v) is 7.23. The molecule has 0 saturated carbocycles. The molecule has 1 heterocycles. The molecule has 0 aliphatic heterocycles. The third-order valence-corrected chi connectivity index (χ3v) is 9.68. The van der Waals surface area contributed by atoms with Crippen LogP contribution in [0, 0.1) is 20.8 Å². The van der Waals surface area contributed by atoms with Crippen molar-refractivity contribution in [1.82, 2.24) is 0 Å². The first-order valence-electron chi connectivity index (χ1n) is 16.0. The van der Waals surface area contributed by atoms with Gasteiger partial charge in [-0.15, -0.1) is 0 Å². The molecule has 0 radical (unpaired) electrons. The topological polar surface area (TPSA) is 13.1 Å². The minimum atomic E-state index is 0.890. The largest absolute Gasteiger partial charge is 0.456 e. The summed E-state index contributed by atoms with van der Waals surface area (Å²) < 4.78 is 6.62. The first-order chi connectivity index (χ1) is 22.5. The lowest BCUT2D eigenvalue weighted by molar-refractivity contribution is 0.632. The van der Waals surface area contributed by atoms with Crippen LogP contribution in [0.5, 0.6) is 0 Å². The summed E-state index contributed by atoms with van der Waals surface area (Å²) in [5.74, 6) is 0.890. The van der Waals surface area contributed by atoms with Crippen molar-refractivity contribution < 1.29 is 4.42 Å². The molecule has 0 fully saturated rings. The van der Waals surface area contributed by atoms with Crippen LogP contribution in [0.15, 0.2) is 144 Å². The van der Waals surface area contributed by atoms with Crippen molar-refractivity contribution in [2.45, 2.75) is 20.8 Å². The van der Waals surface area contributed by atoms with Gasteiger partial charge in [0, 0.05) is 10.9 Å². The molecule has 0 atom stereocenters. The van der Waals surface area contributed by atoms with Crippen LogP contribution < -0.4 is 0 Å². The Morgan fingerprint density at radius 3 is 1.43 bits per heavy atom. The van der Waals surface area contributed by atoms with Gasteiger partial charge in [-0.05, 0) is 111 Å². The van der Waals surface area contributed by atoms with Crippen molar-refractivity contribution >= 4 is 43.3 Å². The zero-order chi connectivity index (χ0) is 30.9. The Balaban J connectivity index is 1.48. The SMILES string of the molecule is Cc1ccc(-c2ccc3c(-c4ccc(C)cc4)cc4c(-c5cc6ccccc6o5)cc(-c5ccc(C)cc5)c5ccc2c3c54)cc1. The van der Waals surface area contributed by atoms with Crippen molar-refractivity contribution in [3.63, 3.8) is 0 Å². The highest BCUT2D eigenvalue weighted by atomic mass is 16.3. The van der Waals surface area contributed by atoms with Crippen molar-refractivity contribution in [3.05, 3.63) is 156 Å². The minimum absolute atomic E-state index is 0.890. The summed E-state index contributed by atoms with van der Waals surface area (Å²) in [5.41, 5.74) is 13.2. The van der Waals surface area contributed by atoms with E-state index in [0.29, 0.717) is 0 Å². The average Bonchev–Trinajstić information content (AvgIpc) is 3.52. The number of furan rings is 1. The van der Waals surface area contributed by atoms with Gasteiger partial charge in [-0.1, -0.05) is 132 Å². The van der Waals surface area contributed by atoms with E-state index in [0.717, 1.165) is 22.3 Å². The molecule has 0 aliphatic rings. The van der Waals surface area contributed by atoms with Crippen LogP contribution in [0.1, 0.15) is 16.7 Å². The van der Waals surface area contributed by atoms with Crippen molar-refractivity contribution in [2.24, 2.45) is 0 Å². The van der Waals surface area contributed by atoms with Gasteiger partial charge in [-0.25, -0.2) is 0 Å². The third kappa shape index (κ3) is 4.16. The van der Waals surface area contributed by atoms with E-state index in [4.69, 9.17) is 4.42 Å². The number of aryl methyl sites for hydroxylation is 3. The molecule has 0 saturated heterocycles. The first-order valence-corrected chi connectivity index (χ1v) is 16.0. The normalized spacial score (nSPS) is 11.8. The zero-order valence-electron chi connectivity index (χ0n) is 26.2. The van der Waals surface area contributed by atoms with Crippen LogP contribution in [0.4, 0.5) is 0 Å². The third-order valence-electron chi connectivity index (χ3n) is 9.68. The van der Waals surface area contributed by atoms with E-state index in [-0.39, 0.29) is 0 Å². The maximum Gasteiger partial charge on any atom is 0.136 e. The molecule has 8 aromatic carbocycles. The molecule has 0 N–H and O–H groups in total. The second-order valence-corrected chi connectivity index (χ2v) is 12.8. The van der Waals surface area contributed by atoms with Gasteiger partial charge in [0.1, 0.15) is 11.3 Å². The average molecular weight is 589 g/mol. The molecule has 0 aliphatic carbocycles. The van der Waals surface area contributed by atoms with Crippen LogP contribution in [-0.2, 0) is 0 Å². The Morgan fingerprint density at radius 1 is 0.370 bits per heavy atom. The summed E-state index contributed by atoms with van der Waals surface area (Å²) in [5, 5.41) is 8.70.